The maximum Gasteiger partial charge on any atom is 0.340 e. The number of nitrogens with zero attached hydrogens (tertiary/aromatic N) is 1. The number of hydrogen-bond donors (Lipinski definition) is 1. The van der Waals surface area contributed by atoms with Crippen LogP contribution in [0.2, 0.25) is 0 Å². The summed E-state index contributed by atoms with van der Waals surface area (Å²) in [6.07, 6.45) is 6.13. The Morgan fingerprint density at radius 3 is 2.52 bits per heavy atom. The van der Waals surface area contributed by atoms with Crippen LogP contribution < -0.4 is 5.32 Å². The molecule has 0 aromatic carbocycles. The molecular formula is C18H28N2O3. The number of rotatable bonds is 5. The van der Waals surface area contributed by atoms with Gasteiger partial charge in [0.2, 0.25) is 0 Å². The van der Waals surface area contributed by atoms with Crippen molar-refractivity contribution in [3.05, 3.63) is 23.0 Å². The Hall–Kier alpha value is -1.78. The van der Waals surface area contributed by atoms with Crippen LogP contribution in [0, 0.1) is 13.8 Å². The molecule has 0 saturated heterocycles. The zero-order valence-electron chi connectivity index (χ0n) is 14.6. The number of amides is 1. The van der Waals surface area contributed by atoms with E-state index in [1.54, 1.807) is 0 Å². The van der Waals surface area contributed by atoms with Gasteiger partial charge in [-0.25, -0.2) is 4.79 Å². The average Bonchev–Trinajstić information content (AvgIpc) is 2.80. The number of nitrogens with one attached hydrogen (secondary N) is 1. The maximum absolute atomic E-state index is 12.3. The summed E-state index contributed by atoms with van der Waals surface area (Å²) in [5.41, 5.74) is 2.61. The van der Waals surface area contributed by atoms with Gasteiger partial charge >= 0.3 is 5.97 Å². The first-order chi connectivity index (χ1) is 10.9. The fourth-order valence-electron chi connectivity index (χ4n) is 3.46. The molecule has 23 heavy (non-hydrogen) atoms. The standard InChI is InChI=1S/C18H28N2O3/c1-12(2)19-17(21)11-23-18(22)16-10-13(3)20(14(16)4)15-8-6-5-7-9-15/h10,12,15H,5-9,11H2,1-4H3,(H,19,21). The van der Waals surface area contributed by atoms with Gasteiger partial charge in [0, 0.05) is 23.5 Å². The van der Waals surface area contributed by atoms with Crippen molar-refractivity contribution in [2.24, 2.45) is 0 Å². The molecule has 1 N–H and O–H groups in total. The molecule has 0 spiro atoms. The maximum atomic E-state index is 12.3. The molecule has 1 saturated carbocycles. The van der Waals surface area contributed by atoms with E-state index >= 15 is 0 Å². The third kappa shape index (κ3) is 4.36. The van der Waals surface area contributed by atoms with Crippen LogP contribution in [0.15, 0.2) is 6.07 Å². The van der Waals surface area contributed by atoms with Gasteiger partial charge in [-0.05, 0) is 46.6 Å². The summed E-state index contributed by atoms with van der Waals surface area (Å²) < 4.78 is 7.43. The first kappa shape index (κ1) is 17.6. The van der Waals surface area contributed by atoms with Crippen LogP contribution in [-0.2, 0) is 9.53 Å². The van der Waals surface area contributed by atoms with E-state index in [4.69, 9.17) is 4.74 Å². The van der Waals surface area contributed by atoms with Gasteiger partial charge in [0.25, 0.3) is 5.91 Å². The third-order valence-corrected chi connectivity index (χ3v) is 4.43. The molecule has 2 rings (SSSR count). The van der Waals surface area contributed by atoms with Gasteiger partial charge in [-0.1, -0.05) is 19.3 Å². The summed E-state index contributed by atoms with van der Waals surface area (Å²) in [6.45, 7) is 7.51. The van der Waals surface area contributed by atoms with Crippen molar-refractivity contribution < 1.29 is 14.3 Å². The molecule has 1 amide bonds. The van der Waals surface area contributed by atoms with Crippen molar-refractivity contribution in [2.75, 3.05) is 6.61 Å². The highest BCUT2D eigenvalue weighted by Crippen LogP contribution is 2.32. The highest BCUT2D eigenvalue weighted by atomic mass is 16.5. The van der Waals surface area contributed by atoms with Gasteiger partial charge in [0.1, 0.15) is 0 Å². The van der Waals surface area contributed by atoms with E-state index in [-0.39, 0.29) is 18.6 Å². The lowest BCUT2D eigenvalue weighted by Crippen LogP contribution is -2.34. The fraction of sp³-hybridized carbons (Fsp3) is 0.667. The van der Waals surface area contributed by atoms with Crippen LogP contribution >= 0.6 is 0 Å². The van der Waals surface area contributed by atoms with Gasteiger partial charge < -0.3 is 14.6 Å². The minimum absolute atomic E-state index is 0.0394. The van der Waals surface area contributed by atoms with E-state index in [0.29, 0.717) is 11.6 Å². The first-order valence-corrected chi connectivity index (χ1v) is 8.55. The molecular weight excluding hydrogens is 292 g/mol. The summed E-state index contributed by atoms with van der Waals surface area (Å²) in [7, 11) is 0. The molecule has 1 aliphatic rings. The van der Waals surface area contributed by atoms with E-state index in [1.807, 2.05) is 33.8 Å². The smallest absolute Gasteiger partial charge is 0.340 e. The van der Waals surface area contributed by atoms with E-state index in [0.717, 1.165) is 11.4 Å². The lowest BCUT2D eigenvalue weighted by Gasteiger charge is -2.26. The predicted octanol–water partition coefficient (Wildman–Crippen LogP) is 3.29. The number of carbonyl (C=O) groups is 2. The number of carbonyl (C=O) groups excluding carboxylic acids is 2. The molecule has 128 valence electrons. The van der Waals surface area contributed by atoms with Crippen molar-refractivity contribution in [1.82, 2.24) is 9.88 Å². The molecule has 0 aliphatic heterocycles. The van der Waals surface area contributed by atoms with E-state index in [9.17, 15) is 9.59 Å². The summed E-state index contributed by atoms with van der Waals surface area (Å²) in [6, 6.07) is 2.40. The average molecular weight is 320 g/mol. The van der Waals surface area contributed by atoms with Crippen LogP contribution in [0.25, 0.3) is 0 Å². The van der Waals surface area contributed by atoms with Gasteiger partial charge in [-0.3, -0.25) is 4.79 Å². The first-order valence-electron chi connectivity index (χ1n) is 8.55. The second kappa shape index (κ2) is 7.66. The largest absolute Gasteiger partial charge is 0.452 e. The lowest BCUT2D eigenvalue weighted by molar-refractivity contribution is -0.124. The minimum Gasteiger partial charge on any atom is -0.452 e. The summed E-state index contributed by atoms with van der Waals surface area (Å²) >= 11 is 0. The second-order valence-electron chi connectivity index (χ2n) is 6.74. The predicted molar refractivity (Wildman–Crippen MR) is 89.6 cm³/mol. The number of hydrogen-bond acceptors (Lipinski definition) is 3. The molecule has 0 bridgehead atoms. The zero-order valence-corrected chi connectivity index (χ0v) is 14.6. The van der Waals surface area contributed by atoms with Crippen LogP contribution in [0.5, 0.6) is 0 Å². The highest BCUT2D eigenvalue weighted by Gasteiger charge is 2.23. The molecule has 0 unspecified atom stereocenters. The van der Waals surface area contributed by atoms with Crippen molar-refractivity contribution in [3.63, 3.8) is 0 Å². The SMILES string of the molecule is Cc1cc(C(=O)OCC(=O)NC(C)C)c(C)n1C1CCCCC1. The van der Waals surface area contributed by atoms with Gasteiger partial charge in [0.05, 0.1) is 5.56 Å². The normalized spacial score (nSPS) is 15.7. The minimum atomic E-state index is -0.418. The Kier molecular flexibility index (Phi) is 5.85. The Balaban J connectivity index is 2.05. The number of ether oxygens (including phenoxy) is 1. The van der Waals surface area contributed by atoms with E-state index < -0.39 is 5.97 Å². The van der Waals surface area contributed by atoms with Crippen molar-refractivity contribution in [3.8, 4) is 0 Å². The Bertz CT molecular complexity index is 569. The quantitative estimate of drug-likeness (QED) is 0.847. The fourth-order valence-corrected chi connectivity index (χ4v) is 3.46. The molecule has 1 fully saturated rings. The van der Waals surface area contributed by atoms with Crippen LogP contribution in [-0.4, -0.2) is 29.1 Å². The lowest BCUT2D eigenvalue weighted by atomic mass is 9.95. The van der Waals surface area contributed by atoms with E-state index in [2.05, 4.69) is 9.88 Å². The van der Waals surface area contributed by atoms with Crippen molar-refractivity contribution >= 4 is 11.9 Å². The summed E-state index contributed by atoms with van der Waals surface area (Å²) in [4.78, 5) is 23.9. The van der Waals surface area contributed by atoms with Crippen molar-refractivity contribution in [2.45, 2.75) is 71.9 Å². The molecule has 5 nitrogen and oxygen atoms in total. The molecule has 0 radical (unpaired) electrons. The van der Waals surface area contributed by atoms with Gasteiger partial charge in [0.15, 0.2) is 6.61 Å². The molecule has 5 heteroatoms. The molecule has 1 aliphatic carbocycles. The zero-order chi connectivity index (χ0) is 17.0. The molecule has 1 aromatic heterocycles. The topological polar surface area (TPSA) is 60.3 Å². The Morgan fingerprint density at radius 2 is 1.91 bits per heavy atom. The van der Waals surface area contributed by atoms with Gasteiger partial charge in [-0.2, -0.15) is 0 Å². The third-order valence-electron chi connectivity index (χ3n) is 4.43. The van der Waals surface area contributed by atoms with Crippen molar-refractivity contribution in [1.29, 1.82) is 0 Å². The highest BCUT2D eigenvalue weighted by molar-refractivity contribution is 5.92. The van der Waals surface area contributed by atoms with Crippen LogP contribution in [0.3, 0.4) is 0 Å². The number of esters is 1. The Labute approximate surface area is 138 Å². The summed E-state index contributed by atoms with van der Waals surface area (Å²) in [5, 5.41) is 2.71. The number of aromatic nitrogens is 1. The number of aryl methyl sites for hydroxylation is 1. The molecule has 0 atom stereocenters. The van der Waals surface area contributed by atoms with Crippen LogP contribution in [0.4, 0.5) is 0 Å². The second-order valence-corrected chi connectivity index (χ2v) is 6.74. The Morgan fingerprint density at radius 1 is 1.26 bits per heavy atom. The van der Waals surface area contributed by atoms with Crippen LogP contribution in [0.1, 0.15) is 73.7 Å². The van der Waals surface area contributed by atoms with Gasteiger partial charge in [-0.15, -0.1) is 0 Å². The molecule has 1 heterocycles. The summed E-state index contributed by atoms with van der Waals surface area (Å²) in [5.74, 6) is -0.687. The monoisotopic (exact) mass is 320 g/mol. The van der Waals surface area contributed by atoms with E-state index in [1.165, 1.54) is 32.1 Å². The molecule has 1 aromatic rings.